The van der Waals surface area contributed by atoms with Crippen LogP contribution in [-0.2, 0) is 24.4 Å². The van der Waals surface area contributed by atoms with Crippen LogP contribution in [0.4, 0.5) is 0 Å². The molecule has 2 aliphatic heterocycles. The van der Waals surface area contributed by atoms with Crippen LogP contribution in [0.3, 0.4) is 0 Å². The van der Waals surface area contributed by atoms with Gasteiger partial charge in [-0.3, -0.25) is 9.59 Å². The number of benzene rings is 1. The van der Waals surface area contributed by atoms with E-state index >= 15 is 0 Å². The first-order chi connectivity index (χ1) is 17.2. The van der Waals surface area contributed by atoms with Gasteiger partial charge in [-0.2, -0.15) is 4.31 Å². The molecule has 2 aliphatic rings. The molecule has 2 heterocycles. The number of halogens is 1. The number of nitrogens with zero attached hydrogens (tertiary/aromatic N) is 2. The summed E-state index contributed by atoms with van der Waals surface area (Å²) in [5.74, 6) is -4.19. The first-order valence-corrected chi connectivity index (χ1v) is 14.0. The lowest BCUT2D eigenvalue weighted by molar-refractivity contribution is -0.170. The Morgan fingerprint density at radius 1 is 1.03 bits per heavy atom. The van der Waals surface area contributed by atoms with Crippen LogP contribution in [0, 0.1) is 5.92 Å². The lowest BCUT2D eigenvalue weighted by atomic mass is 9.96. The number of aliphatic carboxylic acids is 3. The predicted octanol–water partition coefficient (Wildman–Crippen LogP) is 2.37. The van der Waals surface area contributed by atoms with Crippen LogP contribution in [0.2, 0.25) is 5.02 Å². The van der Waals surface area contributed by atoms with E-state index in [1.165, 1.54) is 12.8 Å². The smallest absolute Gasteiger partial charge is 0.336 e. The van der Waals surface area contributed by atoms with E-state index in [2.05, 4.69) is 11.8 Å². The second-order valence-corrected chi connectivity index (χ2v) is 12.0. The van der Waals surface area contributed by atoms with Crippen molar-refractivity contribution in [1.29, 1.82) is 0 Å². The van der Waals surface area contributed by atoms with Crippen LogP contribution in [-0.4, -0.2) is 93.8 Å². The third-order valence-corrected chi connectivity index (χ3v) is 8.85. The Kier molecular flexibility index (Phi) is 11.3. The third kappa shape index (κ3) is 9.22. The van der Waals surface area contributed by atoms with Crippen LogP contribution in [0.1, 0.15) is 51.9 Å². The highest BCUT2D eigenvalue weighted by molar-refractivity contribution is 7.89. The molecule has 1 aromatic rings. The number of aliphatic hydroxyl groups is 1. The Bertz CT molecular complexity index is 1040. The number of hydrogen-bond acceptors (Lipinski definition) is 7. The highest BCUT2D eigenvalue weighted by Crippen LogP contribution is 2.29. The van der Waals surface area contributed by atoms with E-state index in [-0.39, 0.29) is 6.04 Å². The standard InChI is InChI=1S/C18H27ClN2O2S.C6H8O7/c1-15-7-11-20(12-8-15)13-9-17-5-3-10-21(17)24(22,23)18-6-2-4-16(19)14-18;7-3(8)1-6(13,5(11)12)2-4(9)10/h2,4,6,14-15,17H,3,5,7-13H2,1H3;13H,1-2H2,(H,7,8)(H,9,10)(H,11,12). The second-order valence-electron chi connectivity index (χ2n) is 9.66. The zero-order valence-electron chi connectivity index (χ0n) is 20.8. The van der Waals surface area contributed by atoms with Gasteiger partial charge in [0, 0.05) is 17.6 Å². The first kappa shape index (κ1) is 31.0. The van der Waals surface area contributed by atoms with E-state index in [0.717, 1.165) is 44.8 Å². The molecular formula is C24H35ClN2O9S. The molecular weight excluding hydrogens is 528 g/mol. The fourth-order valence-corrected chi connectivity index (χ4v) is 6.53. The maximum absolute atomic E-state index is 12.9. The number of likely N-dealkylation sites (tertiary alicyclic amines) is 1. The van der Waals surface area contributed by atoms with E-state index < -0.39 is 46.4 Å². The lowest BCUT2D eigenvalue weighted by Crippen LogP contribution is -2.42. The Balaban J connectivity index is 0.000000317. The average molecular weight is 563 g/mol. The Morgan fingerprint density at radius 3 is 2.14 bits per heavy atom. The van der Waals surface area contributed by atoms with Crippen molar-refractivity contribution in [2.24, 2.45) is 5.92 Å². The van der Waals surface area contributed by atoms with Crippen molar-refractivity contribution in [3.8, 4) is 0 Å². The van der Waals surface area contributed by atoms with Crippen LogP contribution in [0.25, 0.3) is 0 Å². The van der Waals surface area contributed by atoms with Gasteiger partial charge in [0.25, 0.3) is 0 Å². The van der Waals surface area contributed by atoms with Gasteiger partial charge in [0.1, 0.15) is 0 Å². The minimum absolute atomic E-state index is 0.119. The lowest BCUT2D eigenvalue weighted by Gasteiger charge is -2.32. The predicted molar refractivity (Wildman–Crippen MR) is 135 cm³/mol. The summed E-state index contributed by atoms with van der Waals surface area (Å²) in [6.45, 7) is 6.23. The molecule has 0 aliphatic carbocycles. The zero-order chi connectivity index (χ0) is 27.8. The molecule has 0 aromatic heterocycles. The molecule has 1 atom stereocenters. The SMILES string of the molecule is CC1CCN(CCC2CCCN2S(=O)(=O)c2cccc(Cl)c2)CC1.O=C(O)CC(O)(CC(=O)O)C(=O)O. The number of rotatable bonds is 10. The van der Waals surface area contributed by atoms with Crippen molar-refractivity contribution in [1.82, 2.24) is 9.21 Å². The fourth-order valence-electron chi connectivity index (χ4n) is 4.51. The summed E-state index contributed by atoms with van der Waals surface area (Å²) in [7, 11) is -3.44. The molecule has 1 aromatic carbocycles. The first-order valence-electron chi connectivity index (χ1n) is 12.1. The van der Waals surface area contributed by atoms with Gasteiger partial charge < -0.3 is 25.3 Å². The van der Waals surface area contributed by atoms with Crippen molar-refractivity contribution in [3.63, 3.8) is 0 Å². The average Bonchev–Trinajstić information content (AvgIpc) is 3.28. The molecule has 3 rings (SSSR count). The summed E-state index contributed by atoms with van der Waals surface area (Å²) in [6.07, 6.45) is 3.06. The van der Waals surface area contributed by atoms with E-state index in [4.69, 9.17) is 32.0 Å². The highest BCUT2D eigenvalue weighted by Gasteiger charge is 2.41. The number of carbonyl (C=O) groups is 3. The van der Waals surface area contributed by atoms with Crippen molar-refractivity contribution in [2.75, 3.05) is 26.2 Å². The normalized spacial score (nSPS) is 19.7. The van der Waals surface area contributed by atoms with E-state index in [0.29, 0.717) is 16.5 Å². The summed E-state index contributed by atoms with van der Waals surface area (Å²) in [5.41, 5.74) is -2.74. The molecule has 13 heteroatoms. The number of carboxylic acid groups (broad SMARTS) is 3. The van der Waals surface area contributed by atoms with Gasteiger partial charge in [-0.05, 0) is 75.9 Å². The topological polar surface area (TPSA) is 173 Å². The number of sulfonamides is 1. The molecule has 11 nitrogen and oxygen atoms in total. The molecule has 0 radical (unpaired) electrons. The minimum Gasteiger partial charge on any atom is -0.481 e. The maximum atomic E-state index is 12.9. The van der Waals surface area contributed by atoms with Gasteiger partial charge in [0.15, 0.2) is 5.60 Å². The fraction of sp³-hybridized carbons (Fsp3) is 0.625. The second kappa shape index (κ2) is 13.5. The molecule has 37 heavy (non-hydrogen) atoms. The molecule has 0 saturated carbocycles. The van der Waals surface area contributed by atoms with Crippen molar-refractivity contribution >= 4 is 39.5 Å². The molecule has 0 amide bonds. The van der Waals surface area contributed by atoms with Crippen LogP contribution >= 0.6 is 11.6 Å². The van der Waals surface area contributed by atoms with Crippen LogP contribution in [0.5, 0.6) is 0 Å². The molecule has 2 saturated heterocycles. The maximum Gasteiger partial charge on any atom is 0.336 e. The van der Waals surface area contributed by atoms with E-state index in [9.17, 15) is 22.8 Å². The van der Waals surface area contributed by atoms with Crippen molar-refractivity contribution in [2.45, 2.75) is 68.4 Å². The summed E-state index contributed by atoms with van der Waals surface area (Å²) < 4.78 is 27.6. The summed E-state index contributed by atoms with van der Waals surface area (Å²) in [6, 6.07) is 6.73. The molecule has 0 spiro atoms. The Hall–Kier alpha value is -2.25. The van der Waals surface area contributed by atoms with E-state index in [1.807, 2.05) is 0 Å². The highest BCUT2D eigenvalue weighted by atomic mass is 35.5. The molecule has 0 bridgehead atoms. The van der Waals surface area contributed by atoms with Crippen molar-refractivity contribution < 1.29 is 43.2 Å². The summed E-state index contributed by atoms with van der Waals surface area (Å²) in [5, 5.41) is 34.3. The van der Waals surface area contributed by atoms with Gasteiger partial charge in [-0.15, -0.1) is 0 Å². The summed E-state index contributed by atoms with van der Waals surface area (Å²) >= 11 is 5.98. The molecule has 1 unspecified atom stereocenters. The van der Waals surface area contributed by atoms with E-state index in [1.54, 1.807) is 28.6 Å². The molecule has 2 fully saturated rings. The number of hydrogen-bond donors (Lipinski definition) is 4. The van der Waals surface area contributed by atoms with Crippen LogP contribution in [0.15, 0.2) is 29.2 Å². The van der Waals surface area contributed by atoms with Crippen LogP contribution < -0.4 is 0 Å². The minimum atomic E-state index is -3.44. The monoisotopic (exact) mass is 562 g/mol. The van der Waals surface area contributed by atoms with Gasteiger partial charge >= 0.3 is 17.9 Å². The number of piperidine rings is 1. The Labute approximate surface area is 221 Å². The molecule has 208 valence electrons. The quantitative estimate of drug-likeness (QED) is 0.331. The summed E-state index contributed by atoms with van der Waals surface area (Å²) in [4.78, 5) is 33.3. The van der Waals surface area contributed by atoms with Gasteiger partial charge in [-0.1, -0.05) is 24.6 Å². The number of carboxylic acids is 3. The molecule has 4 N–H and O–H groups in total. The van der Waals surface area contributed by atoms with Gasteiger partial charge in [0.2, 0.25) is 10.0 Å². The van der Waals surface area contributed by atoms with Gasteiger partial charge in [-0.25, -0.2) is 13.2 Å². The van der Waals surface area contributed by atoms with Gasteiger partial charge in [0.05, 0.1) is 17.7 Å². The largest absolute Gasteiger partial charge is 0.481 e. The zero-order valence-corrected chi connectivity index (χ0v) is 22.3. The van der Waals surface area contributed by atoms with Crippen molar-refractivity contribution in [3.05, 3.63) is 29.3 Å². The Morgan fingerprint density at radius 2 is 1.62 bits per heavy atom. The third-order valence-electron chi connectivity index (χ3n) is 6.67.